The summed E-state index contributed by atoms with van der Waals surface area (Å²) in [6.07, 6.45) is 0.795. The first-order chi connectivity index (χ1) is 9.24. The average molecular weight is 255 g/mol. The standard InChI is InChI=1S/C16H17NO2/c1-17(15-8-9-19-16(15)18)11-12-6-7-13-4-2-3-5-14(13)10-12/h2-7,10,15H,8-9,11H2,1H3/t15-/m0/s1. The van der Waals surface area contributed by atoms with Gasteiger partial charge in [0.15, 0.2) is 0 Å². The molecule has 3 nitrogen and oxygen atoms in total. The van der Waals surface area contributed by atoms with Gasteiger partial charge in [0.1, 0.15) is 6.04 Å². The number of hydrogen-bond acceptors (Lipinski definition) is 3. The van der Waals surface area contributed by atoms with Crippen LogP contribution < -0.4 is 0 Å². The predicted octanol–water partition coefficient (Wildman–Crippen LogP) is 2.59. The molecule has 0 unspecified atom stereocenters. The number of cyclic esters (lactones) is 1. The summed E-state index contributed by atoms with van der Waals surface area (Å²) in [5, 5.41) is 2.48. The monoisotopic (exact) mass is 255 g/mol. The Hall–Kier alpha value is -1.87. The molecule has 0 aliphatic carbocycles. The summed E-state index contributed by atoms with van der Waals surface area (Å²) in [4.78, 5) is 13.6. The Kier molecular flexibility index (Phi) is 3.22. The van der Waals surface area contributed by atoms with Gasteiger partial charge >= 0.3 is 5.97 Å². The molecule has 1 atom stereocenters. The molecule has 3 heteroatoms. The van der Waals surface area contributed by atoms with Crippen LogP contribution >= 0.6 is 0 Å². The van der Waals surface area contributed by atoms with Crippen molar-refractivity contribution < 1.29 is 9.53 Å². The fourth-order valence-corrected chi connectivity index (χ4v) is 2.62. The molecule has 1 aliphatic heterocycles. The lowest BCUT2D eigenvalue weighted by atomic mass is 10.1. The molecule has 1 aliphatic rings. The Morgan fingerprint density at radius 2 is 2.00 bits per heavy atom. The van der Waals surface area contributed by atoms with E-state index in [1.54, 1.807) is 0 Å². The van der Waals surface area contributed by atoms with Gasteiger partial charge in [-0.2, -0.15) is 0 Å². The first-order valence-electron chi connectivity index (χ1n) is 6.58. The Labute approximate surface area is 112 Å². The van der Waals surface area contributed by atoms with E-state index in [1.807, 2.05) is 19.2 Å². The molecule has 0 radical (unpaired) electrons. The molecule has 1 saturated heterocycles. The maximum absolute atomic E-state index is 11.6. The van der Waals surface area contributed by atoms with E-state index in [4.69, 9.17) is 4.74 Å². The molecule has 0 bridgehead atoms. The Balaban J connectivity index is 1.79. The van der Waals surface area contributed by atoms with E-state index in [-0.39, 0.29) is 12.0 Å². The van der Waals surface area contributed by atoms with Crippen LogP contribution in [0.15, 0.2) is 42.5 Å². The second-order valence-electron chi connectivity index (χ2n) is 5.07. The quantitative estimate of drug-likeness (QED) is 0.789. The summed E-state index contributed by atoms with van der Waals surface area (Å²) >= 11 is 0. The first kappa shape index (κ1) is 12.2. The number of rotatable bonds is 3. The number of nitrogens with zero attached hydrogens (tertiary/aromatic N) is 1. The highest BCUT2D eigenvalue weighted by Crippen LogP contribution is 2.19. The first-order valence-corrected chi connectivity index (χ1v) is 6.58. The second kappa shape index (κ2) is 5.02. The molecule has 1 fully saturated rings. The number of fused-ring (bicyclic) bond motifs is 1. The van der Waals surface area contributed by atoms with Gasteiger partial charge in [-0.15, -0.1) is 0 Å². The number of carbonyl (C=O) groups is 1. The van der Waals surface area contributed by atoms with Crippen LogP contribution in [0, 0.1) is 0 Å². The Morgan fingerprint density at radius 3 is 2.74 bits per heavy atom. The summed E-state index contributed by atoms with van der Waals surface area (Å²) in [7, 11) is 1.98. The molecule has 0 saturated carbocycles. The van der Waals surface area contributed by atoms with E-state index in [0.717, 1.165) is 13.0 Å². The molecular formula is C16H17NO2. The van der Waals surface area contributed by atoms with Crippen LogP contribution in [-0.2, 0) is 16.1 Å². The molecule has 0 N–H and O–H groups in total. The van der Waals surface area contributed by atoms with Crippen molar-refractivity contribution in [2.45, 2.75) is 19.0 Å². The van der Waals surface area contributed by atoms with Gasteiger partial charge in [-0.3, -0.25) is 9.69 Å². The summed E-state index contributed by atoms with van der Waals surface area (Å²) < 4.78 is 5.01. The van der Waals surface area contributed by atoms with Gasteiger partial charge in [-0.25, -0.2) is 0 Å². The van der Waals surface area contributed by atoms with Crippen LogP contribution in [-0.4, -0.2) is 30.6 Å². The van der Waals surface area contributed by atoms with Crippen molar-refractivity contribution >= 4 is 16.7 Å². The van der Waals surface area contributed by atoms with Gasteiger partial charge in [0.2, 0.25) is 0 Å². The minimum absolute atomic E-state index is 0.0912. The van der Waals surface area contributed by atoms with Crippen molar-refractivity contribution in [1.29, 1.82) is 0 Å². The van der Waals surface area contributed by atoms with Crippen LogP contribution in [0.2, 0.25) is 0 Å². The largest absolute Gasteiger partial charge is 0.464 e. The van der Waals surface area contributed by atoms with Gasteiger partial charge in [-0.1, -0.05) is 36.4 Å². The molecule has 19 heavy (non-hydrogen) atoms. The highest BCUT2D eigenvalue weighted by molar-refractivity contribution is 5.83. The van der Waals surface area contributed by atoms with E-state index in [1.165, 1.54) is 16.3 Å². The van der Waals surface area contributed by atoms with Crippen LogP contribution in [0.4, 0.5) is 0 Å². The zero-order valence-corrected chi connectivity index (χ0v) is 11.0. The average Bonchev–Trinajstić information content (AvgIpc) is 2.85. The second-order valence-corrected chi connectivity index (χ2v) is 5.07. The molecule has 0 amide bonds. The summed E-state index contributed by atoms with van der Waals surface area (Å²) in [6.45, 7) is 1.32. The third kappa shape index (κ3) is 2.47. The topological polar surface area (TPSA) is 29.5 Å². The maximum Gasteiger partial charge on any atom is 0.323 e. The molecule has 3 rings (SSSR count). The van der Waals surface area contributed by atoms with E-state index < -0.39 is 0 Å². The minimum Gasteiger partial charge on any atom is -0.464 e. The summed E-state index contributed by atoms with van der Waals surface area (Å²) in [5.41, 5.74) is 1.22. The fourth-order valence-electron chi connectivity index (χ4n) is 2.62. The minimum atomic E-state index is -0.0942. The van der Waals surface area contributed by atoms with Crippen LogP contribution in [0.1, 0.15) is 12.0 Å². The number of carbonyl (C=O) groups excluding carboxylic acids is 1. The highest BCUT2D eigenvalue weighted by Gasteiger charge is 2.29. The molecule has 0 spiro atoms. The van der Waals surface area contributed by atoms with Gasteiger partial charge in [0.25, 0.3) is 0 Å². The van der Waals surface area contributed by atoms with E-state index >= 15 is 0 Å². The highest BCUT2D eigenvalue weighted by atomic mass is 16.5. The zero-order chi connectivity index (χ0) is 13.2. The van der Waals surface area contributed by atoms with Gasteiger partial charge < -0.3 is 4.74 Å². The Morgan fingerprint density at radius 1 is 1.21 bits per heavy atom. The van der Waals surface area contributed by atoms with Crippen molar-refractivity contribution in [3.8, 4) is 0 Å². The lowest BCUT2D eigenvalue weighted by Crippen LogP contribution is -2.34. The van der Waals surface area contributed by atoms with Crippen LogP contribution in [0.25, 0.3) is 10.8 Å². The third-order valence-electron chi connectivity index (χ3n) is 3.69. The summed E-state index contributed by atoms with van der Waals surface area (Å²) in [5.74, 6) is -0.0942. The predicted molar refractivity (Wildman–Crippen MR) is 74.8 cm³/mol. The molecule has 0 aromatic heterocycles. The number of esters is 1. The van der Waals surface area contributed by atoms with E-state index in [0.29, 0.717) is 6.61 Å². The maximum atomic E-state index is 11.6. The molecule has 2 aromatic rings. The van der Waals surface area contributed by atoms with Gasteiger partial charge in [0.05, 0.1) is 6.61 Å². The number of hydrogen-bond donors (Lipinski definition) is 0. The molecule has 1 heterocycles. The third-order valence-corrected chi connectivity index (χ3v) is 3.69. The van der Waals surface area contributed by atoms with Gasteiger partial charge in [0, 0.05) is 13.0 Å². The van der Waals surface area contributed by atoms with Crippen LogP contribution in [0.3, 0.4) is 0 Å². The summed E-state index contributed by atoms with van der Waals surface area (Å²) in [6, 6.07) is 14.7. The smallest absolute Gasteiger partial charge is 0.323 e. The van der Waals surface area contributed by atoms with E-state index in [9.17, 15) is 4.79 Å². The van der Waals surface area contributed by atoms with Crippen molar-refractivity contribution in [3.05, 3.63) is 48.0 Å². The molecule has 2 aromatic carbocycles. The normalized spacial score (nSPS) is 19.1. The van der Waals surface area contributed by atoms with Crippen molar-refractivity contribution in [3.63, 3.8) is 0 Å². The SMILES string of the molecule is CN(Cc1ccc2ccccc2c1)[C@H]1CCOC1=O. The van der Waals surface area contributed by atoms with E-state index in [2.05, 4.69) is 35.2 Å². The lowest BCUT2D eigenvalue weighted by molar-refractivity contribution is -0.142. The number of likely N-dealkylation sites (N-methyl/N-ethyl adjacent to an activating group) is 1. The molecular weight excluding hydrogens is 238 g/mol. The zero-order valence-electron chi connectivity index (χ0n) is 11.0. The number of benzene rings is 2. The van der Waals surface area contributed by atoms with Crippen molar-refractivity contribution in [2.75, 3.05) is 13.7 Å². The lowest BCUT2D eigenvalue weighted by Gasteiger charge is -2.21. The van der Waals surface area contributed by atoms with Gasteiger partial charge in [-0.05, 0) is 29.4 Å². The molecule has 98 valence electrons. The van der Waals surface area contributed by atoms with Crippen LogP contribution in [0.5, 0.6) is 0 Å². The fraction of sp³-hybridized carbons (Fsp3) is 0.312. The van der Waals surface area contributed by atoms with Crippen molar-refractivity contribution in [2.24, 2.45) is 0 Å². The van der Waals surface area contributed by atoms with Crippen molar-refractivity contribution in [1.82, 2.24) is 4.90 Å². The Bertz CT molecular complexity index is 608. The number of ether oxygens (including phenoxy) is 1.